The maximum atomic E-state index is 11.9. The largest absolute Gasteiger partial charge is 0.386 e. The van der Waals surface area contributed by atoms with Gasteiger partial charge >= 0.3 is 0 Å². The van der Waals surface area contributed by atoms with Crippen molar-refractivity contribution < 1.29 is 4.21 Å². The summed E-state index contributed by atoms with van der Waals surface area (Å²) in [7, 11) is -0.918. The van der Waals surface area contributed by atoms with Crippen LogP contribution in [0.3, 0.4) is 0 Å². The number of nitrogens with one attached hydrogen (secondary N) is 1. The highest BCUT2D eigenvalue weighted by molar-refractivity contribution is 7.90. The smallest absolute Gasteiger partial charge is 0.0554 e. The maximum Gasteiger partial charge on any atom is 0.0554 e. The van der Waals surface area contributed by atoms with E-state index in [2.05, 4.69) is 26.1 Å². The van der Waals surface area contributed by atoms with Crippen molar-refractivity contribution in [3.05, 3.63) is 11.1 Å². The highest BCUT2D eigenvalue weighted by Crippen LogP contribution is 2.18. The van der Waals surface area contributed by atoms with Crippen LogP contribution in [0.5, 0.6) is 0 Å². The van der Waals surface area contributed by atoms with Crippen LogP contribution in [0.4, 0.5) is 0 Å². The third kappa shape index (κ3) is 5.43. The first kappa shape index (κ1) is 13.7. The summed E-state index contributed by atoms with van der Waals surface area (Å²) in [6.07, 6.45) is 1.86. The Kier molecular flexibility index (Phi) is 4.37. The van der Waals surface area contributed by atoms with E-state index in [1.807, 2.05) is 33.9 Å². The van der Waals surface area contributed by atoms with E-state index in [4.69, 9.17) is 0 Å². The molecule has 84 valence electrons. The lowest BCUT2D eigenvalue weighted by molar-refractivity contribution is 0.490. The second-order valence-electron chi connectivity index (χ2n) is 5.53. The minimum atomic E-state index is -0.918. The van der Waals surface area contributed by atoms with Crippen LogP contribution in [0, 0.1) is 0 Å². The summed E-state index contributed by atoms with van der Waals surface area (Å²) in [6, 6.07) is 0. The van der Waals surface area contributed by atoms with Crippen molar-refractivity contribution in [2.24, 2.45) is 0 Å². The van der Waals surface area contributed by atoms with Gasteiger partial charge in [-0.1, -0.05) is 0 Å². The average Bonchev–Trinajstić information content (AvgIpc) is 1.95. The van der Waals surface area contributed by atoms with Gasteiger partial charge in [-0.3, -0.25) is 4.21 Å². The molecular formula is C11H23NOS. The highest BCUT2D eigenvalue weighted by Gasteiger charge is 2.21. The zero-order chi connectivity index (χ0) is 11.6. The molecule has 0 bridgehead atoms. The standard InChI is InChI=1S/C11H23NOS/c1-9(8-12-10(2,3)4)14(13)11(5,6)7/h8,12H,1-7H3. The van der Waals surface area contributed by atoms with Gasteiger partial charge in [0.1, 0.15) is 0 Å². The van der Waals surface area contributed by atoms with Crippen LogP contribution in [-0.4, -0.2) is 14.5 Å². The van der Waals surface area contributed by atoms with E-state index in [0.717, 1.165) is 4.91 Å². The van der Waals surface area contributed by atoms with Crippen molar-refractivity contribution in [3.63, 3.8) is 0 Å². The molecule has 0 rings (SSSR count). The Hall–Kier alpha value is -0.310. The van der Waals surface area contributed by atoms with Gasteiger partial charge in [0, 0.05) is 21.4 Å². The minimum absolute atomic E-state index is 0.0311. The lowest BCUT2D eigenvalue weighted by Gasteiger charge is -2.22. The first-order valence-electron chi connectivity index (χ1n) is 4.90. The van der Waals surface area contributed by atoms with Crippen LogP contribution in [0.1, 0.15) is 48.5 Å². The zero-order valence-corrected chi connectivity index (χ0v) is 11.2. The lowest BCUT2D eigenvalue weighted by Crippen LogP contribution is -2.32. The number of hydrogen-bond donors (Lipinski definition) is 1. The average molecular weight is 217 g/mol. The molecule has 1 atom stereocenters. The molecule has 0 aliphatic carbocycles. The summed E-state index contributed by atoms with van der Waals surface area (Å²) in [5.41, 5.74) is 0.0311. The fourth-order valence-corrected chi connectivity index (χ4v) is 1.99. The van der Waals surface area contributed by atoms with Crippen molar-refractivity contribution >= 4 is 10.8 Å². The predicted octanol–water partition coefficient (Wildman–Crippen LogP) is 2.78. The molecule has 2 nitrogen and oxygen atoms in total. The Morgan fingerprint density at radius 2 is 1.57 bits per heavy atom. The molecule has 0 fully saturated rings. The van der Waals surface area contributed by atoms with Gasteiger partial charge in [-0.05, 0) is 48.5 Å². The van der Waals surface area contributed by atoms with E-state index in [0.29, 0.717) is 0 Å². The van der Waals surface area contributed by atoms with Crippen molar-refractivity contribution in [2.45, 2.75) is 58.8 Å². The summed E-state index contributed by atoms with van der Waals surface area (Å²) in [4.78, 5) is 0.896. The van der Waals surface area contributed by atoms with Gasteiger partial charge in [-0.25, -0.2) is 0 Å². The van der Waals surface area contributed by atoms with Crippen molar-refractivity contribution in [2.75, 3.05) is 0 Å². The molecule has 0 aromatic carbocycles. The minimum Gasteiger partial charge on any atom is -0.386 e. The number of allylic oxidation sites excluding steroid dienone is 1. The fourth-order valence-electron chi connectivity index (χ4n) is 0.855. The Morgan fingerprint density at radius 1 is 1.14 bits per heavy atom. The lowest BCUT2D eigenvalue weighted by atomic mass is 10.1. The first-order chi connectivity index (χ1) is 6.04. The number of rotatable bonds is 2. The molecule has 0 amide bonds. The molecule has 3 heteroatoms. The highest BCUT2D eigenvalue weighted by atomic mass is 32.2. The quantitative estimate of drug-likeness (QED) is 0.770. The molecule has 14 heavy (non-hydrogen) atoms. The van der Waals surface area contributed by atoms with Crippen molar-refractivity contribution in [1.29, 1.82) is 0 Å². The molecule has 0 aliphatic heterocycles. The summed E-state index contributed by atoms with van der Waals surface area (Å²) in [5, 5.41) is 3.22. The van der Waals surface area contributed by atoms with Crippen LogP contribution in [0.2, 0.25) is 0 Å². The first-order valence-corrected chi connectivity index (χ1v) is 6.05. The van der Waals surface area contributed by atoms with Gasteiger partial charge < -0.3 is 5.32 Å². The summed E-state index contributed by atoms with van der Waals surface area (Å²) in [5.74, 6) is 0. The van der Waals surface area contributed by atoms with E-state index in [-0.39, 0.29) is 10.3 Å². The van der Waals surface area contributed by atoms with Gasteiger partial charge in [-0.2, -0.15) is 0 Å². The maximum absolute atomic E-state index is 11.9. The van der Waals surface area contributed by atoms with Crippen molar-refractivity contribution in [3.8, 4) is 0 Å². The molecule has 0 radical (unpaired) electrons. The van der Waals surface area contributed by atoms with Crippen LogP contribution >= 0.6 is 0 Å². The molecule has 0 heterocycles. The van der Waals surface area contributed by atoms with E-state index < -0.39 is 10.8 Å². The molecule has 1 unspecified atom stereocenters. The summed E-state index contributed by atoms with van der Waals surface area (Å²) < 4.78 is 11.7. The molecule has 0 aromatic heterocycles. The van der Waals surface area contributed by atoms with Crippen LogP contribution in [-0.2, 0) is 10.8 Å². The Bertz CT molecular complexity index is 243. The monoisotopic (exact) mass is 217 g/mol. The van der Waals surface area contributed by atoms with Gasteiger partial charge in [0.05, 0.1) is 10.8 Å². The van der Waals surface area contributed by atoms with Crippen LogP contribution in [0.15, 0.2) is 11.1 Å². The molecule has 0 aromatic rings. The van der Waals surface area contributed by atoms with E-state index >= 15 is 0 Å². The Labute approximate surface area is 90.6 Å². The fraction of sp³-hybridized carbons (Fsp3) is 0.818. The second kappa shape index (κ2) is 4.47. The molecule has 0 aliphatic rings. The Morgan fingerprint density at radius 3 is 1.86 bits per heavy atom. The second-order valence-corrected chi connectivity index (χ2v) is 7.94. The molecular weight excluding hydrogens is 194 g/mol. The molecule has 1 N–H and O–H groups in total. The number of hydrogen-bond acceptors (Lipinski definition) is 2. The molecule has 0 saturated heterocycles. The van der Waals surface area contributed by atoms with E-state index in [1.165, 1.54) is 0 Å². The predicted molar refractivity (Wildman–Crippen MR) is 64.5 cm³/mol. The molecule has 0 saturated carbocycles. The summed E-state index contributed by atoms with van der Waals surface area (Å²) in [6.45, 7) is 14.1. The normalized spacial score (nSPS) is 16.6. The van der Waals surface area contributed by atoms with Crippen LogP contribution < -0.4 is 5.32 Å². The van der Waals surface area contributed by atoms with Gasteiger partial charge in [-0.15, -0.1) is 0 Å². The topological polar surface area (TPSA) is 29.1 Å². The molecule has 0 spiro atoms. The van der Waals surface area contributed by atoms with E-state index in [1.54, 1.807) is 0 Å². The van der Waals surface area contributed by atoms with Crippen LogP contribution in [0.25, 0.3) is 0 Å². The van der Waals surface area contributed by atoms with E-state index in [9.17, 15) is 4.21 Å². The third-order valence-electron chi connectivity index (χ3n) is 1.56. The van der Waals surface area contributed by atoms with Gasteiger partial charge in [0.25, 0.3) is 0 Å². The zero-order valence-electron chi connectivity index (χ0n) is 10.4. The Balaban J connectivity index is 4.49. The van der Waals surface area contributed by atoms with Crippen molar-refractivity contribution in [1.82, 2.24) is 5.32 Å². The summed E-state index contributed by atoms with van der Waals surface area (Å²) >= 11 is 0. The van der Waals surface area contributed by atoms with Gasteiger partial charge in [0.2, 0.25) is 0 Å². The SMILES string of the molecule is CC(=CNC(C)(C)C)S(=O)C(C)(C)C. The third-order valence-corrected chi connectivity index (χ3v) is 3.37. The van der Waals surface area contributed by atoms with Gasteiger partial charge in [0.15, 0.2) is 0 Å².